The van der Waals surface area contributed by atoms with E-state index in [1.807, 2.05) is 24.3 Å². The molecule has 4 heteroatoms. The summed E-state index contributed by atoms with van der Waals surface area (Å²) in [4.78, 5) is 11.9. The molecule has 0 aliphatic heterocycles. The minimum Gasteiger partial charge on any atom is -0.497 e. The van der Waals surface area contributed by atoms with Crippen LogP contribution in [0.5, 0.6) is 5.75 Å². The molecule has 0 spiro atoms. The van der Waals surface area contributed by atoms with Gasteiger partial charge < -0.3 is 9.15 Å². The van der Waals surface area contributed by atoms with Gasteiger partial charge in [0, 0.05) is 6.42 Å². The molecule has 0 bridgehead atoms. The zero-order valence-electron chi connectivity index (χ0n) is 9.98. The molecule has 0 amide bonds. The van der Waals surface area contributed by atoms with Gasteiger partial charge in [0.05, 0.1) is 17.8 Å². The number of aryl methyl sites for hydroxylation is 1. The summed E-state index contributed by atoms with van der Waals surface area (Å²) in [7, 11) is 1.63. The molecular weight excluding hydrogens is 296 g/mol. The maximum atomic E-state index is 11.9. The third kappa shape index (κ3) is 3.01. The molecule has 1 heterocycles. The third-order valence-corrected chi connectivity index (χ3v) is 3.29. The van der Waals surface area contributed by atoms with Gasteiger partial charge in [0.15, 0.2) is 11.5 Å². The number of Topliss-reactive ketones (excluding diaryl/α,β-unsaturated/α-hetero) is 1. The molecule has 0 N–H and O–H groups in total. The van der Waals surface area contributed by atoms with Gasteiger partial charge >= 0.3 is 0 Å². The van der Waals surface area contributed by atoms with Crippen LogP contribution in [0.4, 0.5) is 0 Å². The second kappa shape index (κ2) is 5.87. The maximum absolute atomic E-state index is 11.9. The van der Waals surface area contributed by atoms with E-state index in [0.717, 1.165) is 11.3 Å². The van der Waals surface area contributed by atoms with Gasteiger partial charge in [-0.3, -0.25) is 4.79 Å². The summed E-state index contributed by atoms with van der Waals surface area (Å²) >= 11 is 3.28. The lowest BCUT2D eigenvalue weighted by atomic mass is 10.1. The van der Waals surface area contributed by atoms with E-state index in [4.69, 9.17) is 9.15 Å². The van der Waals surface area contributed by atoms with E-state index in [2.05, 4.69) is 15.9 Å². The molecule has 0 saturated carbocycles. The summed E-state index contributed by atoms with van der Waals surface area (Å²) in [6, 6.07) is 9.43. The Balaban J connectivity index is 1.95. The second-order valence-corrected chi connectivity index (χ2v) is 4.72. The number of ether oxygens (including phenoxy) is 1. The van der Waals surface area contributed by atoms with Gasteiger partial charge in [-0.1, -0.05) is 12.1 Å². The SMILES string of the molecule is COc1ccc(CCC(=O)c2occc2Br)cc1. The molecule has 2 rings (SSSR count). The molecule has 94 valence electrons. The molecule has 3 nitrogen and oxygen atoms in total. The molecule has 1 aromatic carbocycles. The summed E-state index contributed by atoms with van der Waals surface area (Å²) in [6.07, 6.45) is 2.62. The van der Waals surface area contributed by atoms with Crippen molar-refractivity contribution in [3.05, 3.63) is 52.4 Å². The van der Waals surface area contributed by atoms with Crippen molar-refractivity contribution < 1.29 is 13.9 Å². The highest BCUT2D eigenvalue weighted by Crippen LogP contribution is 2.20. The van der Waals surface area contributed by atoms with Crippen molar-refractivity contribution in [1.82, 2.24) is 0 Å². The monoisotopic (exact) mass is 308 g/mol. The molecule has 0 radical (unpaired) electrons. The van der Waals surface area contributed by atoms with E-state index in [-0.39, 0.29) is 5.78 Å². The van der Waals surface area contributed by atoms with Crippen LogP contribution in [0.25, 0.3) is 0 Å². The lowest BCUT2D eigenvalue weighted by Gasteiger charge is -2.02. The first-order valence-corrected chi connectivity index (χ1v) is 6.39. The average Bonchev–Trinajstić information content (AvgIpc) is 2.83. The summed E-state index contributed by atoms with van der Waals surface area (Å²) in [5, 5.41) is 0. The molecule has 2 aromatic rings. The van der Waals surface area contributed by atoms with E-state index in [9.17, 15) is 4.79 Å². The van der Waals surface area contributed by atoms with Crippen molar-refractivity contribution in [2.75, 3.05) is 7.11 Å². The first kappa shape index (κ1) is 12.9. The zero-order chi connectivity index (χ0) is 13.0. The predicted octanol–water partition coefficient (Wildman–Crippen LogP) is 3.87. The van der Waals surface area contributed by atoms with Crippen LogP contribution in [0.15, 0.2) is 45.5 Å². The fourth-order valence-electron chi connectivity index (χ4n) is 1.66. The molecule has 0 atom stereocenters. The topological polar surface area (TPSA) is 39.4 Å². The molecule has 1 aromatic heterocycles. The van der Waals surface area contributed by atoms with Crippen molar-refractivity contribution in [3.63, 3.8) is 0 Å². The van der Waals surface area contributed by atoms with E-state index in [1.54, 1.807) is 13.2 Å². The Hall–Kier alpha value is -1.55. The second-order valence-electron chi connectivity index (χ2n) is 3.87. The molecule has 0 aliphatic carbocycles. The first-order chi connectivity index (χ1) is 8.70. The van der Waals surface area contributed by atoms with Crippen molar-refractivity contribution in [3.8, 4) is 5.75 Å². The van der Waals surface area contributed by atoms with Crippen LogP contribution in [0, 0.1) is 0 Å². The van der Waals surface area contributed by atoms with E-state index in [0.29, 0.717) is 23.1 Å². The van der Waals surface area contributed by atoms with Gasteiger partial charge in [0.1, 0.15) is 5.75 Å². The average molecular weight is 309 g/mol. The van der Waals surface area contributed by atoms with Crippen molar-refractivity contribution in [2.45, 2.75) is 12.8 Å². The Kier molecular flexibility index (Phi) is 4.20. The summed E-state index contributed by atoms with van der Waals surface area (Å²) in [5.41, 5.74) is 1.10. The zero-order valence-corrected chi connectivity index (χ0v) is 11.6. The highest BCUT2D eigenvalue weighted by molar-refractivity contribution is 9.10. The van der Waals surface area contributed by atoms with E-state index in [1.165, 1.54) is 6.26 Å². The largest absolute Gasteiger partial charge is 0.497 e. The summed E-state index contributed by atoms with van der Waals surface area (Å²) < 4.78 is 10.9. The van der Waals surface area contributed by atoms with Crippen LogP contribution in [-0.4, -0.2) is 12.9 Å². The Bertz CT molecular complexity index is 528. The number of ketones is 1. The van der Waals surface area contributed by atoms with Crippen molar-refractivity contribution in [2.24, 2.45) is 0 Å². The maximum Gasteiger partial charge on any atom is 0.199 e. The van der Waals surface area contributed by atoms with Gasteiger partial charge in [-0.05, 0) is 46.1 Å². The fraction of sp³-hybridized carbons (Fsp3) is 0.214. The lowest BCUT2D eigenvalue weighted by molar-refractivity contribution is 0.0955. The van der Waals surface area contributed by atoms with Crippen LogP contribution in [0.2, 0.25) is 0 Å². The number of halogens is 1. The van der Waals surface area contributed by atoms with Gasteiger partial charge in [-0.25, -0.2) is 0 Å². The van der Waals surface area contributed by atoms with Crippen LogP contribution < -0.4 is 4.74 Å². The standard InChI is InChI=1S/C14H13BrO3/c1-17-11-5-2-10(3-6-11)4-7-13(16)14-12(15)8-9-18-14/h2-3,5-6,8-9H,4,7H2,1H3. The number of rotatable bonds is 5. The van der Waals surface area contributed by atoms with Crippen molar-refractivity contribution in [1.29, 1.82) is 0 Å². The quantitative estimate of drug-likeness (QED) is 0.787. The molecule has 0 aliphatic rings. The van der Waals surface area contributed by atoms with E-state index >= 15 is 0 Å². The fourth-order valence-corrected chi connectivity index (χ4v) is 2.08. The number of carbonyl (C=O) groups is 1. The third-order valence-electron chi connectivity index (χ3n) is 2.67. The molecule has 0 saturated heterocycles. The first-order valence-electron chi connectivity index (χ1n) is 5.60. The van der Waals surface area contributed by atoms with Gasteiger partial charge in [-0.15, -0.1) is 0 Å². The molecule has 18 heavy (non-hydrogen) atoms. The Morgan fingerprint density at radius 3 is 2.56 bits per heavy atom. The lowest BCUT2D eigenvalue weighted by Crippen LogP contribution is -2.00. The number of methoxy groups -OCH3 is 1. The van der Waals surface area contributed by atoms with Crippen LogP contribution >= 0.6 is 15.9 Å². The molecule has 0 unspecified atom stereocenters. The molecule has 0 fully saturated rings. The Morgan fingerprint density at radius 1 is 1.28 bits per heavy atom. The number of carbonyl (C=O) groups excluding carboxylic acids is 1. The van der Waals surface area contributed by atoms with E-state index < -0.39 is 0 Å². The summed E-state index contributed by atoms with van der Waals surface area (Å²) in [6.45, 7) is 0. The Labute approximate surface area is 114 Å². The minimum atomic E-state index is 0.00249. The normalized spacial score (nSPS) is 10.3. The van der Waals surface area contributed by atoms with Gasteiger partial charge in [-0.2, -0.15) is 0 Å². The van der Waals surface area contributed by atoms with Crippen LogP contribution in [-0.2, 0) is 6.42 Å². The smallest absolute Gasteiger partial charge is 0.199 e. The van der Waals surface area contributed by atoms with Crippen molar-refractivity contribution >= 4 is 21.7 Å². The Morgan fingerprint density at radius 2 is 2.00 bits per heavy atom. The molecular formula is C14H13BrO3. The highest BCUT2D eigenvalue weighted by atomic mass is 79.9. The highest BCUT2D eigenvalue weighted by Gasteiger charge is 2.13. The summed E-state index contributed by atoms with van der Waals surface area (Å²) in [5.74, 6) is 1.21. The number of hydrogen-bond acceptors (Lipinski definition) is 3. The number of hydrogen-bond donors (Lipinski definition) is 0. The van der Waals surface area contributed by atoms with Gasteiger partial charge in [0.2, 0.25) is 0 Å². The van der Waals surface area contributed by atoms with Gasteiger partial charge in [0.25, 0.3) is 0 Å². The van der Waals surface area contributed by atoms with Crippen LogP contribution in [0.3, 0.4) is 0 Å². The predicted molar refractivity (Wildman–Crippen MR) is 72.1 cm³/mol. The minimum absolute atomic E-state index is 0.00249. The van der Waals surface area contributed by atoms with Crippen LogP contribution in [0.1, 0.15) is 22.5 Å². The number of benzene rings is 1. The number of furan rings is 1.